The average Bonchev–Trinajstić information content (AvgIpc) is 2.45. The van der Waals surface area contributed by atoms with Gasteiger partial charge in [-0.15, -0.1) is 5.10 Å². The van der Waals surface area contributed by atoms with Gasteiger partial charge in [0.05, 0.1) is 17.3 Å². The molecular weight excluding hydrogens is 257 g/mol. The molecule has 4 nitrogen and oxygen atoms in total. The maximum atomic E-state index is 4.97. The molecule has 2 aromatic rings. The lowest BCUT2D eigenvalue weighted by atomic mass is 10.3. The molecule has 0 aliphatic heterocycles. The predicted molar refractivity (Wildman–Crippen MR) is 47.1 cm³/mol. The SMILES string of the molecule is Cc1nnc(I)c2oncc12. The van der Waals surface area contributed by atoms with Crippen LogP contribution in [0.4, 0.5) is 0 Å². The van der Waals surface area contributed by atoms with Crippen LogP contribution >= 0.6 is 22.6 Å². The van der Waals surface area contributed by atoms with Crippen molar-refractivity contribution in [2.24, 2.45) is 0 Å². The topological polar surface area (TPSA) is 51.8 Å². The second-order valence-corrected chi connectivity index (χ2v) is 3.17. The van der Waals surface area contributed by atoms with Gasteiger partial charge in [0.15, 0.2) is 3.70 Å². The highest BCUT2D eigenvalue weighted by atomic mass is 127. The van der Waals surface area contributed by atoms with Crippen molar-refractivity contribution in [3.05, 3.63) is 15.6 Å². The zero-order chi connectivity index (χ0) is 7.84. The molecule has 0 aliphatic carbocycles. The Morgan fingerprint density at radius 2 is 2.27 bits per heavy atom. The van der Waals surface area contributed by atoms with E-state index in [4.69, 9.17) is 4.52 Å². The second-order valence-electron chi connectivity index (χ2n) is 2.14. The van der Waals surface area contributed by atoms with Crippen molar-refractivity contribution in [2.75, 3.05) is 0 Å². The van der Waals surface area contributed by atoms with E-state index in [1.807, 2.05) is 6.92 Å². The molecule has 0 radical (unpaired) electrons. The highest BCUT2D eigenvalue weighted by Gasteiger charge is 2.07. The second kappa shape index (κ2) is 2.40. The summed E-state index contributed by atoms with van der Waals surface area (Å²) in [4.78, 5) is 0. The van der Waals surface area contributed by atoms with Crippen LogP contribution in [0.3, 0.4) is 0 Å². The maximum Gasteiger partial charge on any atom is 0.202 e. The van der Waals surface area contributed by atoms with Gasteiger partial charge < -0.3 is 4.52 Å². The van der Waals surface area contributed by atoms with E-state index < -0.39 is 0 Å². The van der Waals surface area contributed by atoms with Gasteiger partial charge in [0.1, 0.15) is 0 Å². The van der Waals surface area contributed by atoms with Crippen molar-refractivity contribution in [1.82, 2.24) is 15.4 Å². The normalized spacial score (nSPS) is 10.7. The number of fused-ring (bicyclic) bond motifs is 1. The number of rotatable bonds is 0. The minimum absolute atomic E-state index is 0.720. The summed E-state index contributed by atoms with van der Waals surface area (Å²) in [5.74, 6) is 0. The zero-order valence-corrected chi connectivity index (χ0v) is 7.86. The van der Waals surface area contributed by atoms with E-state index >= 15 is 0 Å². The summed E-state index contributed by atoms with van der Waals surface area (Å²) in [6.07, 6.45) is 1.65. The van der Waals surface area contributed by atoms with Gasteiger partial charge >= 0.3 is 0 Å². The largest absolute Gasteiger partial charge is 0.353 e. The Morgan fingerprint density at radius 1 is 1.45 bits per heavy atom. The lowest BCUT2D eigenvalue weighted by Gasteiger charge is -1.91. The molecule has 5 heteroatoms. The Bertz CT molecular complexity index is 362. The van der Waals surface area contributed by atoms with Crippen LogP contribution in [0.5, 0.6) is 0 Å². The van der Waals surface area contributed by atoms with E-state index in [2.05, 4.69) is 37.9 Å². The Hall–Kier alpha value is -0.720. The number of nitrogens with zero attached hydrogens (tertiary/aromatic N) is 3. The molecule has 0 unspecified atom stereocenters. The van der Waals surface area contributed by atoms with Gasteiger partial charge in [0.2, 0.25) is 5.58 Å². The number of hydrogen-bond donors (Lipinski definition) is 0. The first-order valence-electron chi connectivity index (χ1n) is 3.02. The van der Waals surface area contributed by atoms with E-state index in [9.17, 15) is 0 Å². The van der Waals surface area contributed by atoms with Crippen molar-refractivity contribution < 1.29 is 4.52 Å². The molecule has 0 amide bonds. The Labute approximate surface area is 76.1 Å². The highest BCUT2D eigenvalue weighted by molar-refractivity contribution is 14.1. The summed E-state index contributed by atoms with van der Waals surface area (Å²) in [5.41, 5.74) is 1.57. The van der Waals surface area contributed by atoms with Crippen LogP contribution in [0.2, 0.25) is 0 Å². The van der Waals surface area contributed by atoms with Crippen LogP contribution in [0.15, 0.2) is 10.7 Å². The molecule has 2 aromatic heterocycles. The molecular formula is C6H4IN3O. The van der Waals surface area contributed by atoms with Gasteiger partial charge in [-0.2, -0.15) is 5.10 Å². The van der Waals surface area contributed by atoms with E-state index in [-0.39, 0.29) is 0 Å². The average molecular weight is 261 g/mol. The molecule has 0 spiro atoms. The first-order chi connectivity index (χ1) is 5.29. The van der Waals surface area contributed by atoms with E-state index in [0.717, 1.165) is 20.4 Å². The lowest BCUT2D eigenvalue weighted by Crippen LogP contribution is -1.89. The van der Waals surface area contributed by atoms with Crippen LogP contribution in [-0.2, 0) is 0 Å². The number of halogens is 1. The maximum absolute atomic E-state index is 4.97. The minimum atomic E-state index is 0.720. The molecule has 2 rings (SSSR count). The molecule has 0 bridgehead atoms. The van der Waals surface area contributed by atoms with Crippen LogP contribution in [-0.4, -0.2) is 15.4 Å². The summed E-state index contributed by atoms with van der Waals surface area (Å²) < 4.78 is 5.72. The fraction of sp³-hybridized carbons (Fsp3) is 0.167. The van der Waals surface area contributed by atoms with Gasteiger partial charge in [0.25, 0.3) is 0 Å². The van der Waals surface area contributed by atoms with Crippen LogP contribution in [0.1, 0.15) is 5.69 Å². The summed E-state index contributed by atoms with van der Waals surface area (Å²) in [7, 11) is 0. The lowest BCUT2D eigenvalue weighted by molar-refractivity contribution is 0.453. The van der Waals surface area contributed by atoms with Crippen molar-refractivity contribution >= 4 is 33.6 Å². The molecule has 2 heterocycles. The van der Waals surface area contributed by atoms with Crippen molar-refractivity contribution in [3.8, 4) is 0 Å². The van der Waals surface area contributed by atoms with Gasteiger partial charge in [-0.1, -0.05) is 5.16 Å². The van der Waals surface area contributed by atoms with Gasteiger partial charge in [-0.05, 0) is 29.5 Å². The molecule has 11 heavy (non-hydrogen) atoms. The fourth-order valence-electron chi connectivity index (χ4n) is 0.864. The van der Waals surface area contributed by atoms with Crippen molar-refractivity contribution in [2.45, 2.75) is 6.92 Å². The molecule has 0 aromatic carbocycles. The fourth-order valence-corrected chi connectivity index (χ4v) is 1.36. The quantitative estimate of drug-likeness (QED) is 0.675. The first kappa shape index (κ1) is 6.96. The summed E-state index contributed by atoms with van der Waals surface area (Å²) in [6, 6.07) is 0. The molecule has 0 fully saturated rings. The molecule has 0 saturated heterocycles. The van der Waals surface area contributed by atoms with Crippen LogP contribution in [0, 0.1) is 10.6 Å². The van der Waals surface area contributed by atoms with E-state index in [1.54, 1.807) is 6.20 Å². The standard InChI is InChI=1S/C6H4IN3O/c1-3-4-2-8-11-5(4)6(7)10-9-3/h2H,1H3. The Morgan fingerprint density at radius 3 is 3.00 bits per heavy atom. The van der Waals surface area contributed by atoms with Crippen LogP contribution < -0.4 is 0 Å². The van der Waals surface area contributed by atoms with E-state index in [0.29, 0.717) is 0 Å². The van der Waals surface area contributed by atoms with Gasteiger partial charge in [-0.3, -0.25) is 0 Å². The first-order valence-corrected chi connectivity index (χ1v) is 4.10. The number of hydrogen-bond acceptors (Lipinski definition) is 4. The third kappa shape index (κ3) is 0.991. The van der Waals surface area contributed by atoms with Gasteiger partial charge in [0, 0.05) is 0 Å². The number of aryl methyl sites for hydroxylation is 1. The zero-order valence-electron chi connectivity index (χ0n) is 5.71. The van der Waals surface area contributed by atoms with Gasteiger partial charge in [-0.25, -0.2) is 0 Å². The predicted octanol–water partition coefficient (Wildman–Crippen LogP) is 1.53. The molecule has 0 aliphatic rings. The van der Waals surface area contributed by atoms with Crippen LogP contribution in [0.25, 0.3) is 11.0 Å². The monoisotopic (exact) mass is 261 g/mol. The molecule has 0 saturated carbocycles. The number of aromatic nitrogens is 3. The summed E-state index contributed by atoms with van der Waals surface area (Å²) >= 11 is 2.06. The highest BCUT2D eigenvalue weighted by Crippen LogP contribution is 2.18. The Balaban J connectivity index is 2.96. The summed E-state index contributed by atoms with van der Waals surface area (Å²) in [6.45, 7) is 1.88. The van der Waals surface area contributed by atoms with E-state index in [1.165, 1.54) is 0 Å². The van der Waals surface area contributed by atoms with Crippen molar-refractivity contribution in [1.29, 1.82) is 0 Å². The molecule has 0 atom stereocenters. The smallest absolute Gasteiger partial charge is 0.202 e. The molecule has 56 valence electrons. The third-order valence-electron chi connectivity index (χ3n) is 1.44. The molecule has 0 N–H and O–H groups in total. The third-order valence-corrected chi connectivity index (χ3v) is 2.14. The minimum Gasteiger partial charge on any atom is -0.353 e. The summed E-state index contributed by atoms with van der Waals surface area (Å²) in [5, 5.41) is 12.4. The Kier molecular flexibility index (Phi) is 1.52. The van der Waals surface area contributed by atoms with Crippen molar-refractivity contribution in [3.63, 3.8) is 0 Å².